The first kappa shape index (κ1) is 28.0. The lowest BCUT2D eigenvalue weighted by molar-refractivity contribution is -0.137. The smallest absolute Gasteiger partial charge is 0.409 e. The van der Waals surface area contributed by atoms with Crippen molar-refractivity contribution in [1.29, 1.82) is 0 Å². The summed E-state index contributed by atoms with van der Waals surface area (Å²) in [7, 11) is 0. The number of fused-ring (bicyclic) bond motifs is 3. The third-order valence-corrected chi connectivity index (χ3v) is 6.14. The van der Waals surface area contributed by atoms with Crippen LogP contribution in [0.3, 0.4) is 0 Å². The van der Waals surface area contributed by atoms with Crippen molar-refractivity contribution in [2.45, 2.75) is 59.0 Å². The number of aliphatic carboxylic acids is 1. The molecule has 37 heavy (non-hydrogen) atoms. The van der Waals surface area contributed by atoms with E-state index in [1.54, 1.807) is 20.8 Å². The molecular formula is C29H38N2O6. The summed E-state index contributed by atoms with van der Waals surface area (Å²) in [5, 5.41) is 11.8. The van der Waals surface area contributed by atoms with Crippen molar-refractivity contribution in [2.24, 2.45) is 5.41 Å². The summed E-state index contributed by atoms with van der Waals surface area (Å²) in [5.74, 6) is -0.989. The van der Waals surface area contributed by atoms with Gasteiger partial charge in [-0.1, -0.05) is 62.4 Å². The van der Waals surface area contributed by atoms with Gasteiger partial charge in [0, 0.05) is 32.0 Å². The molecule has 2 amide bonds. The molecule has 2 N–H and O–H groups in total. The highest BCUT2D eigenvalue weighted by Gasteiger charge is 2.31. The second-order valence-electron chi connectivity index (χ2n) is 11.2. The summed E-state index contributed by atoms with van der Waals surface area (Å²) in [6.07, 6.45) is -0.782. The Morgan fingerprint density at radius 2 is 1.51 bits per heavy atom. The highest BCUT2D eigenvalue weighted by atomic mass is 16.6. The molecule has 2 aromatic carbocycles. The molecule has 0 saturated carbocycles. The third kappa shape index (κ3) is 7.97. The van der Waals surface area contributed by atoms with E-state index in [1.165, 1.54) is 4.90 Å². The van der Waals surface area contributed by atoms with Gasteiger partial charge in [-0.25, -0.2) is 9.59 Å². The Bertz CT molecular complexity index is 1080. The zero-order chi connectivity index (χ0) is 27.2. The molecule has 0 unspecified atom stereocenters. The number of ether oxygens (including phenoxy) is 2. The highest BCUT2D eigenvalue weighted by Crippen LogP contribution is 2.44. The van der Waals surface area contributed by atoms with Gasteiger partial charge in [-0.15, -0.1) is 0 Å². The van der Waals surface area contributed by atoms with Crippen LogP contribution in [-0.4, -0.2) is 60.0 Å². The van der Waals surface area contributed by atoms with Crippen LogP contribution >= 0.6 is 0 Å². The van der Waals surface area contributed by atoms with E-state index in [0.717, 1.165) is 22.3 Å². The zero-order valence-corrected chi connectivity index (χ0v) is 22.4. The fourth-order valence-electron chi connectivity index (χ4n) is 4.54. The maximum absolute atomic E-state index is 13.2. The first-order chi connectivity index (χ1) is 17.4. The van der Waals surface area contributed by atoms with E-state index in [1.807, 2.05) is 38.1 Å². The Hall–Kier alpha value is -3.55. The predicted molar refractivity (Wildman–Crippen MR) is 142 cm³/mol. The molecule has 200 valence electrons. The molecular weight excluding hydrogens is 472 g/mol. The van der Waals surface area contributed by atoms with Gasteiger partial charge >= 0.3 is 18.2 Å². The fraction of sp³-hybridized carbons (Fsp3) is 0.483. The maximum atomic E-state index is 13.2. The molecule has 0 radical (unpaired) electrons. The normalized spacial score (nSPS) is 12.9. The summed E-state index contributed by atoms with van der Waals surface area (Å²) < 4.78 is 11.1. The Morgan fingerprint density at radius 3 is 2.05 bits per heavy atom. The standard InChI is InChI=1S/C29H38N2O6/c1-28(2,3)37-26(34)30-18-29(4,5)19-31(16-10-15-25(32)33)27(35)36-17-24-22-13-8-6-11-20(22)21-12-7-9-14-23(21)24/h6-9,11-14,24H,10,15-19H2,1-5H3,(H,30,34)(H,32,33). The molecule has 8 heteroatoms. The molecule has 1 aliphatic carbocycles. The number of amides is 2. The monoisotopic (exact) mass is 510 g/mol. The summed E-state index contributed by atoms with van der Waals surface area (Å²) in [4.78, 5) is 38.0. The van der Waals surface area contributed by atoms with Crippen molar-refractivity contribution in [3.8, 4) is 11.1 Å². The highest BCUT2D eigenvalue weighted by molar-refractivity contribution is 5.79. The van der Waals surface area contributed by atoms with E-state index in [4.69, 9.17) is 14.6 Å². The maximum Gasteiger partial charge on any atom is 0.409 e. The van der Waals surface area contributed by atoms with Crippen LogP contribution < -0.4 is 5.32 Å². The molecule has 1 aliphatic rings. The van der Waals surface area contributed by atoms with Gasteiger partial charge in [0.05, 0.1) is 0 Å². The van der Waals surface area contributed by atoms with E-state index in [2.05, 4.69) is 29.6 Å². The first-order valence-corrected chi connectivity index (χ1v) is 12.6. The lowest BCUT2D eigenvalue weighted by Crippen LogP contribution is -2.46. The minimum absolute atomic E-state index is 0.0518. The van der Waals surface area contributed by atoms with Crippen molar-refractivity contribution in [2.75, 3.05) is 26.2 Å². The minimum atomic E-state index is -0.918. The van der Waals surface area contributed by atoms with E-state index in [0.29, 0.717) is 6.42 Å². The third-order valence-electron chi connectivity index (χ3n) is 6.14. The molecule has 0 spiro atoms. The van der Waals surface area contributed by atoms with Gasteiger partial charge in [0.1, 0.15) is 12.2 Å². The van der Waals surface area contributed by atoms with Crippen LogP contribution in [0.15, 0.2) is 48.5 Å². The number of alkyl carbamates (subject to hydrolysis) is 1. The molecule has 0 fully saturated rings. The van der Waals surface area contributed by atoms with Gasteiger partial charge in [0.15, 0.2) is 0 Å². The van der Waals surface area contributed by atoms with Crippen LogP contribution in [-0.2, 0) is 14.3 Å². The van der Waals surface area contributed by atoms with Crippen molar-refractivity contribution in [1.82, 2.24) is 10.2 Å². The van der Waals surface area contributed by atoms with Gasteiger partial charge in [-0.2, -0.15) is 0 Å². The number of rotatable bonds is 10. The Kier molecular flexibility index (Phi) is 8.84. The topological polar surface area (TPSA) is 105 Å². The van der Waals surface area contributed by atoms with Crippen LogP contribution in [0.4, 0.5) is 9.59 Å². The summed E-state index contributed by atoms with van der Waals surface area (Å²) >= 11 is 0. The number of nitrogens with one attached hydrogen (secondary N) is 1. The van der Waals surface area contributed by atoms with Crippen LogP contribution in [0.1, 0.15) is 64.5 Å². The number of hydrogen-bond acceptors (Lipinski definition) is 5. The lowest BCUT2D eigenvalue weighted by Gasteiger charge is -2.33. The Labute approximate surface area is 219 Å². The Morgan fingerprint density at radius 1 is 0.946 bits per heavy atom. The molecule has 2 aromatic rings. The molecule has 3 rings (SSSR count). The molecule has 8 nitrogen and oxygen atoms in total. The predicted octanol–water partition coefficient (Wildman–Crippen LogP) is 5.65. The fourth-order valence-corrected chi connectivity index (χ4v) is 4.54. The molecule has 0 atom stereocenters. The number of carbonyl (C=O) groups is 3. The lowest BCUT2D eigenvalue weighted by atomic mass is 9.92. The van der Waals surface area contributed by atoms with Gasteiger partial charge in [-0.3, -0.25) is 4.79 Å². The molecule has 0 aliphatic heterocycles. The van der Waals surface area contributed by atoms with Crippen molar-refractivity contribution in [3.05, 3.63) is 59.7 Å². The minimum Gasteiger partial charge on any atom is -0.481 e. The second-order valence-corrected chi connectivity index (χ2v) is 11.2. The van der Waals surface area contributed by atoms with Gasteiger partial charge in [0.2, 0.25) is 0 Å². The quantitative estimate of drug-likeness (QED) is 0.428. The Balaban J connectivity index is 1.67. The van der Waals surface area contributed by atoms with Crippen LogP contribution in [0.2, 0.25) is 0 Å². The van der Waals surface area contributed by atoms with Crippen molar-refractivity contribution < 1.29 is 29.0 Å². The average molecular weight is 511 g/mol. The van der Waals surface area contributed by atoms with Gasteiger partial charge in [-0.05, 0) is 54.9 Å². The molecule has 0 saturated heterocycles. The van der Waals surface area contributed by atoms with E-state index < -0.39 is 29.2 Å². The van der Waals surface area contributed by atoms with E-state index in [9.17, 15) is 14.4 Å². The number of hydrogen-bond donors (Lipinski definition) is 2. The van der Waals surface area contributed by atoms with Gasteiger partial charge < -0.3 is 24.8 Å². The van der Waals surface area contributed by atoms with Crippen LogP contribution in [0, 0.1) is 5.41 Å². The van der Waals surface area contributed by atoms with Gasteiger partial charge in [0.25, 0.3) is 0 Å². The van der Waals surface area contributed by atoms with E-state index >= 15 is 0 Å². The number of nitrogens with zero attached hydrogens (tertiary/aromatic N) is 1. The average Bonchev–Trinajstić information content (AvgIpc) is 3.13. The second kappa shape index (κ2) is 11.7. The zero-order valence-electron chi connectivity index (χ0n) is 22.4. The van der Waals surface area contributed by atoms with Crippen LogP contribution in [0.5, 0.6) is 0 Å². The molecule has 0 bridgehead atoms. The molecule has 0 aromatic heterocycles. The largest absolute Gasteiger partial charge is 0.481 e. The SMILES string of the molecule is CC(C)(CNC(=O)OC(C)(C)C)CN(CCCC(=O)O)C(=O)OCC1c2ccccc2-c2ccccc21. The van der Waals surface area contributed by atoms with Crippen molar-refractivity contribution in [3.63, 3.8) is 0 Å². The number of carboxylic acids is 1. The summed E-state index contributed by atoms with van der Waals surface area (Å²) in [6, 6.07) is 16.2. The van der Waals surface area contributed by atoms with Crippen molar-refractivity contribution >= 4 is 18.2 Å². The number of benzene rings is 2. The summed E-state index contributed by atoms with van der Waals surface area (Å²) in [6.45, 7) is 10.2. The first-order valence-electron chi connectivity index (χ1n) is 12.6. The number of carboxylic acid groups (broad SMARTS) is 1. The van der Waals surface area contributed by atoms with E-state index in [-0.39, 0.29) is 38.6 Å². The number of carbonyl (C=O) groups excluding carboxylic acids is 2. The summed E-state index contributed by atoms with van der Waals surface area (Å²) in [5.41, 5.74) is 3.41. The van der Waals surface area contributed by atoms with Crippen LogP contribution in [0.25, 0.3) is 11.1 Å². The molecule has 0 heterocycles.